The number of carbonyl (C=O) groups is 1. The maximum Gasteiger partial charge on any atom is 0.256 e. The Morgan fingerprint density at radius 3 is 2.42 bits per heavy atom. The van der Waals surface area contributed by atoms with E-state index in [-0.39, 0.29) is 5.91 Å². The Kier molecular flexibility index (Phi) is 5.27. The first-order valence-electron chi connectivity index (χ1n) is 9.41. The largest absolute Gasteiger partial charge is 0.371 e. The van der Waals surface area contributed by atoms with Crippen LogP contribution >= 0.6 is 0 Å². The van der Waals surface area contributed by atoms with Crippen LogP contribution in [0.15, 0.2) is 48.0 Å². The van der Waals surface area contributed by atoms with Gasteiger partial charge in [0.15, 0.2) is 23.2 Å². The quantitative estimate of drug-likeness (QED) is 0.429. The van der Waals surface area contributed by atoms with E-state index in [4.69, 9.17) is 4.52 Å². The summed E-state index contributed by atoms with van der Waals surface area (Å²) in [5.41, 5.74) is 3.95. The van der Waals surface area contributed by atoms with Crippen LogP contribution in [0.1, 0.15) is 28.6 Å². The summed E-state index contributed by atoms with van der Waals surface area (Å²) in [5, 5.41) is 12.8. The number of nitrogens with one attached hydrogen (secondary N) is 3. The highest BCUT2D eigenvalue weighted by Gasteiger charge is 2.14. The van der Waals surface area contributed by atoms with E-state index in [1.54, 1.807) is 32.2 Å². The Bertz CT molecular complexity index is 1300. The molecule has 4 rings (SSSR count). The molecule has 0 fully saturated rings. The zero-order chi connectivity index (χ0) is 22.0. The van der Waals surface area contributed by atoms with Crippen molar-refractivity contribution < 1.29 is 9.32 Å². The number of anilines is 4. The van der Waals surface area contributed by atoms with Gasteiger partial charge in [-0.25, -0.2) is 19.9 Å². The van der Waals surface area contributed by atoms with Crippen molar-refractivity contribution in [2.24, 2.45) is 0 Å². The van der Waals surface area contributed by atoms with Gasteiger partial charge in [0, 0.05) is 24.4 Å². The van der Waals surface area contributed by atoms with Gasteiger partial charge in [0.1, 0.15) is 23.7 Å². The summed E-state index contributed by atoms with van der Waals surface area (Å²) in [6.07, 6.45) is 2.88. The summed E-state index contributed by atoms with van der Waals surface area (Å²) in [7, 11) is 1.76. The molecule has 1 amide bonds. The Morgan fingerprint density at radius 1 is 1.03 bits per heavy atom. The minimum atomic E-state index is -0.322. The van der Waals surface area contributed by atoms with Crippen LogP contribution in [0.2, 0.25) is 0 Å². The lowest BCUT2D eigenvalue weighted by Gasteiger charge is -2.12. The van der Waals surface area contributed by atoms with Crippen LogP contribution in [-0.4, -0.2) is 38.0 Å². The highest BCUT2D eigenvalue weighted by Crippen LogP contribution is 2.27. The number of aromatic nitrogens is 5. The van der Waals surface area contributed by atoms with Crippen molar-refractivity contribution in [1.82, 2.24) is 25.1 Å². The monoisotopic (exact) mass is 416 g/mol. The van der Waals surface area contributed by atoms with E-state index >= 15 is 0 Å². The first-order chi connectivity index (χ1) is 15.0. The van der Waals surface area contributed by atoms with E-state index in [1.165, 1.54) is 12.7 Å². The summed E-state index contributed by atoms with van der Waals surface area (Å²) in [5.74, 6) is 1.61. The van der Waals surface area contributed by atoms with Crippen LogP contribution < -0.4 is 16.0 Å². The van der Waals surface area contributed by atoms with Crippen LogP contribution in [0.25, 0.3) is 16.6 Å². The molecule has 0 aliphatic heterocycles. The molecule has 0 aliphatic carbocycles. The highest BCUT2D eigenvalue weighted by atomic mass is 16.5. The molecule has 0 bridgehead atoms. The molecule has 1 aromatic carbocycles. The number of fused-ring (bicyclic) bond motifs is 1. The van der Waals surface area contributed by atoms with Gasteiger partial charge in [-0.05, 0) is 37.1 Å². The lowest BCUT2D eigenvalue weighted by molar-refractivity contribution is 0.102. The van der Waals surface area contributed by atoms with Crippen molar-refractivity contribution in [1.29, 1.82) is 0 Å². The number of nitrogens with zero attached hydrogens (tertiary/aromatic N) is 5. The van der Waals surface area contributed by atoms with Gasteiger partial charge in [0.05, 0.1) is 0 Å². The standard InChI is InChI=1S/C21H20N8O2/c1-11(2)15-8-16(29-31-15)28-21(30)13-6-5-12(3)14(7-13)27-20-18-17(23-10-26-20)19(22-4)25-9-24-18/h5-10H,1H2,2-4H3,(H,22,24,25)(H,23,26,27)(H,28,29,30). The summed E-state index contributed by atoms with van der Waals surface area (Å²) in [4.78, 5) is 29.7. The van der Waals surface area contributed by atoms with Gasteiger partial charge < -0.3 is 20.5 Å². The lowest BCUT2D eigenvalue weighted by atomic mass is 10.1. The molecule has 0 atom stereocenters. The van der Waals surface area contributed by atoms with Crippen molar-refractivity contribution in [3.63, 3.8) is 0 Å². The van der Waals surface area contributed by atoms with Gasteiger partial charge in [0.25, 0.3) is 5.91 Å². The number of allylic oxidation sites excluding steroid dienone is 1. The molecule has 0 radical (unpaired) electrons. The van der Waals surface area contributed by atoms with Gasteiger partial charge in [-0.15, -0.1) is 0 Å². The number of rotatable bonds is 6. The van der Waals surface area contributed by atoms with Crippen LogP contribution in [0, 0.1) is 6.92 Å². The van der Waals surface area contributed by atoms with E-state index in [0.29, 0.717) is 45.5 Å². The average molecular weight is 416 g/mol. The fourth-order valence-electron chi connectivity index (χ4n) is 2.90. The number of hydrogen-bond donors (Lipinski definition) is 3. The lowest BCUT2D eigenvalue weighted by Crippen LogP contribution is -2.12. The molecule has 156 valence electrons. The number of aryl methyl sites for hydroxylation is 1. The molecule has 0 saturated heterocycles. The zero-order valence-electron chi connectivity index (χ0n) is 17.2. The van der Waals surface area contributed by atoms with Crippen molar-refractivity contribution >= 4 is 45.7 Å². The maximum atomic E-state index is 12.7. The minimum absolute atomic E-state index is 0.316. The molecule has 10 heteroatoms. The molecular weight excluding hydrogens is 396 g/mol. The first kappa shape index (κ1) is 20.0. The zero-order valence-corrected chi connectivity index (χ0v) is 17.2. The molecule has 3 heterocycles. The predicted octanol–water partition coefficient (Wildman–Crippen LogP) is 3.79. The van der Waals surface area contributed by atoms with Crippen LogP contribution in [0.3, 0.4) is 0 Å². The molecule has 0 saturated carbocycles. The van der Waals surface area contributed by atoms with Crippen LogP contribution in [0.4, 0.5) is 23.1 Å². The summed E-state index contributed by atoms with van der Waals surface area (Å²) in [6, 6.07) is 6.93. The highest BCUT2D eigenvalue weighted by molar-refractivity contribution is 6.04. The molecule has 31 heavy (non-hydrogen) atoms. The van der Waals surface area contributed by atoms with E-state index in [9.17, 15) is 4.79 Å². The average Bonchev–Trinajstić information content (AvgIpc) is 3.24. The normalized spacial score (nSPS) is 10.7. The SMILES string of the molecule is C=C(C)c1cc(NC(=O)c2ccc(C)c(Nc3ncnc4c(NC)ncnc34)c2)no1. The van der Waals surface area contributed by atoms with E-state index in [1.807, 2.05) is 13.0 Å². The number of amides is 1. The molecule has 3 aromatic heterocycles. The summed E-state index contributed by atoms with van der Waals surface area (Å²) >= 11 is 0. The van der Waals surface area contributed by atoms with E-state index in [0.717, 1.165) is 11.1 Å². The first-order valence-corrected chi connectivity index (χ1v) is 9.41. The summed E-state index contributed by atoms with van der Waals surface area (Å²) in [6.45, 7) is 7.52. The number of hydrogen-bond acceptors (Lipinski definition) is 9. The molecule has 0 aliphatic rings. The summed E-state index contributed by atoms with van der Waals surface area (Å²) < 4.78 is 5.14. The van der Waals surface area contributed by atoms with E-state index in [2.05, 4.69) is 47.6 Å². The smallest absolute Gasteiger partial charge is 0.256 e. The second kappa shape index (κ2) is 8.19. The fraction of sp³-hybridized carbons (Fsp3) is 0.143. The Labute approximate surface area is 177 Å². The second-order valence-corrected chi connectivity index (χ2v) is 6.86. The van der Waals surface area contributed by atoms with Gasteiger partial charge in [-0.2, -0.15) is 0 Å². The molecule has 0 spiro atoms. The third-order valence-corrected chi connectivity index (χ3v) is 4.58. The van der Waals surface area contributed by atoms with Crippen molar-refractivity contribution in [2.75, 3.05) is 23.0 Å². The Balaban J connectivity index is 1.62. The van der Waals surface area contributed by atoms with Crippen molar-refractivity contribution in [3.05, 3.63) is 60.4 Å². The number of benzene rings is 1. The van der Waals surface area contributed by atoms with Crippen LogP contribution in [0.5, 0.6) is 0 Å². The Morgan fingerprint density at radius 2 is 1.74 bits per heavy atom. The fourth-order valence-corrected chi connectivity index (χ4v) is 2.90. The topological polar surface area (TPSA) is 131 Å². The molecular formula is C21H20N8O2. The van der Waals surface area contributed by atoms with E-state index < -0.39 is 0 Å². The van der Waals surface area contributed by atoms with Crippen molar-refractivity contribution in [3.8, 4) is 0 Å². The minimum Gasteiger partial charge on any atom is -0.371 e. The number of carbonyl (C=O) groups excluding carboxylic acids is 1. The van der Waals surface area contributed by atoms with Crippen LogP contribution in [-0.2, 0) is 0 Å². The molecule has 4 aromatic rings. The molecule has 0 unspecified atom stereocenters. The molecule has 10 nitrogen and oxygen atoms in total. The van der Waals surface area contributed by atoms with Crippen molar-refractivity contribution in [2.45, 2.75) is 13.8 Å². The van der Waals surface area contributed by atoms with Gasteiger partial charge in [0.2, 0.25) is 0 Å². The van der Waals surface area contributed by atoms with Gasteiger partial charge in [-0.3, -0.25) is 4.79 Å². The Hall–Kier alpha value is -4.34. The maximum absolute atomic E-state index is 12.7. The predicted molar refractivity (Wildman–Crippen MR) is 118 cm³/mol. The van der Waals surface area contributed by atoms with Gasteiger partial charge >= 0.3 is 0 Å². The van der Waals surface area contributed by atoms with Gasteiger partial charge in [-0.1, -0.05) is 17.8 Å². The molecule has 3 N–H and O–H groups in total. The second-order valence-electron chi connectivity index (χ2n) is 6.86. The third kappa shape index (κ3) is 4.04. The third-order valence-electron chi connectivity index (χ3n) is 4.58.